The Morgan fingerprint density at radius 2 is 2.00 bits per heavy atom. The molecule has 0 aromatic carbocycles. The van der Waals surface area contributed by atoms with Crippen molar-refractivity contribution < 1.29 is 4.42 Å². The first-order valence-corrected chi connectivity index (χ1v) is 5.82. The molecule has 3 nitrogen and oxygen atoms in total. The zero-order chi connectivity index (χ0) is 12.3. The number of likely N-dealkylation sites (N-methyl/N-ethyl adjacent to an activating group) is 1. The van der Waals surface area contributed by atoms with Gasteiger partial charge in [-0.15, -0.1) is 0 Å². The van der Waals surface area contributed by atoms with Crippen LogP contribution in [-0.4, -0.2) is 12.0 Å². The number of hydrogen-bond acceptors (Lipinski definition) is 3. The van der Waals surface area contributed by atoms with Gasteiger partial charge in [0.1, 0.15) is 0 Å². The maximum atomic E-state index is 5.10. The van der Waals surface area contributed by atoms with Crippen LogP contribution in [0.25, 0.3) is 0 Å². The van der Waals surface area contributed by atoms with Crippen molar-refractivity contribution in [2.24, 2.45) is 0 Å². The lowest BCUT2D eigenvalue weighted by Gasteiger charge is -2.16. The Balaban J connectivity index is 2.22. The topological polar surface area (TPSA) is 38.1 Å². The smallest absolute Gasteiger partial charge is 0.0935 e. The fourth-order valence-corrected chi connectivity index (χ4v) is 2.10. The van der Waals surface area contributed by atoms with E-state index in [2.05, 4.69) is 22.4 Å². The average Bonchev–Trinajstić information content (AvgIpc) is 2.77. The van der Waals surface area contributed by atoms with Crippen LogP contribution < -0.4 is 5.32 Å². The number of aryl methyl sites for hydroxylation is 2. The molecule has 0 saturated carbocycles. The average molecular weight is 230 g/mol. The van der Waals surface area contributed by atoms with Crippen molar-refractivity contribution in [1.82, 2.24) is 10.3 Å². The van der Waals surface area contributed by atoms with Gasteiger partial charge in [0.25, 0.3) is 0 Å². The van der Waals surface area contributed by atoms with Gasteiger partial charge in [0.2, 0.25) is 0 Å². The third-order valence-electron chi connectivity index (χ3n) is 2.87. The summed E-state index contributed by atoms with van der Waals surface area (Å²) >= 11 is 0. The van der Waals surface area contributed by atoms with E-state index in [1.807, 2.05) is 27.0 Å². The number of aromatic nitrogens is 1. The zero-order valence-corrected chi connectivity index (χ0v) is 10.5. The van der Waals surface area contributed by atoms with Crippen LogP contribution >= 0.6 is 0 Å². The van der Waals surface area contributed by atoms with E-state index < -0.39 is 0 Å². The molecule has 17 heavy (non-hydrogen) atoms. The molecule has 0 saturated heterocycles. The number of nitrogens with one attached hydrogen (secondary N) is 1. The molecular formula is C14H18N2O. The first-order valence-electron chi connectivity index (χ1n) is 5.82. The lowest BCUT2D eigenvalue weighted by Crippen LogP contribution is -2.19. The highest BCUT2D eigenvalue weighted by Gasteiger charge is 2.11. The summed E-state index contributed by atoms with van der Waals surface area (Å²) in [7, 11) is 1.98. The van der Waals surface area contributed by atoms with Gasteiger partial charge < -0.3 is 9.73 Å². The van der Waals surface area contributed by atoms with Crippen molar-refractivity contribution in [2.75, 3.05) is 7.05 Å². The fraction of sp³-hybridized carbons (Fsp3) is 0.357. The standard InChI is InChI=1S/C14H18N2O/c1-10-6-13(7-11(2)16-10)14(15-3)8-12-4-5-17-9-12/h4-7,9,14-15H,8H2,1-3H3. The Bertz CT molecular complexity index is 457. The molecule has 0 aliphatic heterocycles. The third kappa shape index (κ3) is 2.94. The lowest BCUT2D eigenvalue weighted by molar-refractivity contribution is 0.551. The van der Waals surface area contributed by atoms with Gasteiger partial charge in [-0.05, 0) is 56.6 Å². The summed E-state index contributed by atoms with van der Waals surface area (Å²) in [5, 5.41) is 3.34. The normalized spacial score (nSPS) is 12.6. The monoisotopic (exact) mass is 230 g/mol. The second kappa shape index (κ2) is 5.15. The highest BCUT2D eigenvalue weighted by atomic mass is 16.3. The molecule has 0 amide bonds. The summed E-state index contributed by atoms with van der Waals surface area (Å²) in [5.74, 6) is 0. The van der Waals surface area contributed by atoms with Crippen molar-refractivity contribution in [3.63, 3.8) is 0 Å². The molecule has 0 spiro atoms. The second-order valence-electron chi connectivity index (χ2n) is 4.36. The Labute approximate surface area is 102 Å². The van der Waals surface area contributed by atoms with Gasteiger partial charge in [0.15, 0.2) is 0 Å². The molecule has 0 fully saturated rings. The van der Waals surface area contributed by atoms with Crippen molar-refractivity contribution >= 4 is 0 Å². The van der Waals surface area contributed by atoms with Crippen molar-refractivity contribution in [1.29, 1.82) is 0 Å². The Morgan fingerprint density at radius 3 is 2.53 bits per heavy atom. The number of hydrogen-bond donors (Lipinski definition) is 1. The summed E-state index contributed by atoms with van der Waals surface area (Å²) < 4.78 is 5.10. The summed E-state index contributed by atoms with van der Waals surface area (Å²) in [6.45, 7) is 4.06. The van der Waals surface area contributed by atoms with Crippen LogP contribution in [-0.2, 0) is 6.42 Å². The SMILES string of the molecule is CNC(Cc1ccoc1)c1cc(C)nc(C)c1. The predicted octanol–water partition coefficient (Wildman–Crippen LogP) is 2.79. The number of nitrogens with zero attached hydrogens (tertiary/aromatic N) is 1. The van der Waals surface area contributed by atoms with Gasteiger partial charge in [-0.2, -0.15) is 0 Å². The van der Waals surface area contributed by atoms with Crippen LogP contribution in [0.1, 0.15) is 28.6 Å². The van der Waals surface area contributed by atoms with Crippen LogP contribution in [0.4, 0.5) is 0 Å². The van der Waals surface area contributed by atoms with Gasteiger partial charge in [-0.1, -0.05) is 0 Å². The molecular weight excluding hydrogens is 212 g/mol. The van der Waals surface area contributed by atoms with Crippen molar-refractivity contribution in [3.05, 3.63) is 53.2 Å². The van der Waals surface area contributed by atoms with Crippen LogP contribution in [0, 0.1) is 13.8 Å². The quantitative estimate of drug-likeness (QED) is 0.877. The predicted molar refractivity (Wildman–Crippen MR) is 67.9 cm³/mol. The first kappa shape index (κ1) is 11.9. The van der Waals surface area contributed by atoms with E-state index in [4.69, 9.17) is 4.42 Å². The summed E-state index contributed by atoms with van der Waals surface area (Å²) in [5.41, 5.74) is 4.61. The fourth-order valence-electron chi connectivity index (χ4n) is 2.10. The molecule has 1 atom stereocenters. The first-order chi connectivity index (χ1) is 8.19. The minimum atomic E-state index is 0.299. The second-order valence-corrected chi connectivity index (χ2v) is 4.36. The maximum absolute atomic E-state index is 5.10. The van der Waals surface area contributed by atoms with E-state index in [0.717, 1.165) is 17.8 Å². The van der Waals surface area contributed by atoms with Crippen molar-refractivity contribution in [2.45, 2.75) is 26.3 Å². The Hall–Kier alpha value is -1.61. The Kier molecular flexibility index (Phi) is 3.59. The molecule has 3 heteroatoms. The van der Waals surface area contributed by atoms with Gasteiger partial charge in [0.05, 0.1) is 12.5 Å². The van der Waals surface area contributed by atoms with E-state index in [-0.39, 0.29) is 0 Å². The molecule has 2 rings (SSSR count). The highest BCUT2D eigenvalue weighted by molar-refractivity contribution is 5.25. The molecule has 2 heterocycles. The Morgan fingerprint density at radius 1 is 1.29 bits per heavy atom. The minimum absolute atomic E-state index is 0.299. The zero-order valence-electron chi connectivity index (χ0n) is 10.5. The summed E-state index contributed by atoms with van der Waals surface area (Å²) in [6, 6.07) is 6.57. The third-order valence-corrected chi connectivity index (χ3v) is 2.87. The molecule has 2 aromatic rings. The molecule has 0 bridgehead atoms. The molecule has 1 unspecified atom stereocenters. The van der Waals surface area contributed by atoms with E-state index in [1.165, 1.54) is 11.1 Å². The molecule has 90 valence electrons. The van der Waals surface area contributed by atoms with Crippen LogP contribution in [0.3, 0.4) is 0 Å². The summed E-state index contributed by atoms with van der Waals surface area (Å²) in [4.78, 5) is 4.40. The van der Waals surface area contributed by atoms with E-state index in [1.54, 1.807) is 12.5 Å². The number of furan rings is 1. The molecule has 1 N–H and O–H groups in total. The van der Waals surface area contributed by atoms with Gasteiger partial charge in [-0.25, -0.2) is 0 Å². The van der Waals surface area contributed by atoms with E-state index in [0.29, 0.717) is 6.04 Å². The van der Waals surface area contributed by atoms with Gasteiger partial charge in [0, 0.05) is 17.4 Å². The molecule has 2 aromatic heterocycles. The van der Waals surface area contributed by atoms with Gasteiger partial charge >= 0.3 is 0 Å². The maximum Gasteiger partial charge on any atom is 0.0935 e. The largest absolute Gasteiger partial charge is 0.472 e. The van der Waals surface area contributed by atoms with Crippen molar-refractivity contribution in [3.8, 4) is 0 Å². The molecule has 0 aliphatic rings. The van der Waals surface area contributed by atoms with Crippen LogP contribution in [0.15, 0.2) is 35.1 Å². The minimum Gasteiger partial charge on any atom is -0.472 e. The van der Waals surface area contributed by atoms with Gasteiger partial charge in [-0.3, -0.25) is 4.98 Å². The number of pyridine rings is 1. The van der Waals surface area contributed by atoms with E-state index in [9.17, 15) is 0 Å². The lowest BCUT2D eigenvalue weighted by atomic mass is 10.00. The van der Waals surface area contributed by atoms with Crippen LogP contribution in [0.5, 0.6) is 0 Å². The van der Waals surface area contributed by atoms with E-state index >= 15 is 0 Å². The summed E-state index contributed by atoms with van der Waals surface area (Å²) in [6.07, 6.45) is 4.44. The molecule has 0 radical (unpaired) electrons. The van der Waals surface area contributed by atoms with Crippen LogP contribution in [0.2, 0.25) is 0 Å². The highest BCUT2D eigenvalue weighted by Crippen LogP contribution is 2.19. The molecule has 0 aliphatic carbocycles. The number of rotatable bonds is 4.